The number of methoxy groups -OCH3 is 2. The standard InChI is InChI=1S/C16H18BrNO3/c1-20-11-7-8-12(16(9-11)21-2)15(10-19)18-14-6-4-3-5-13(14)17/h3-9,15,18-19H,10H2,1-2H3. The van der Waals surface area contributed by atoms with Crippen LogP contribution in [0.2, 0.25) is 0 Å². The van der Waals surface area contributed by atoms with Crippen molar-refractivity contribution in [3.63, 3.8) is 0 Å². The van der Waals surface area contributed by atoms with Crippen LogP contribution in [0.3, 0.4) is 0 Å². The number of halogens is 1. The van der Waals surface area contributed by atoms with E-state index >= 15 is 0 Å². The number of anilines is 1. The average molecular weight is 352 g/mol. The number of rotatable bonds is 6. The van der Waals surface area contributed by atoms with E-state index < -0.39 is 0 Å². The fourth-order valence-electron chi connectivity index (χ4n) is 2.09. The molecule has 0 aromatic heterocycles. The third-order valence-corrected chi connectivity index (χ3v) is 3.89. The van der Waals surface area contributed by atoms with E-state index in [2.05, 4.69) is 21.2 Å². The Morgan fingerprint density at radius 3 is 2.52 bits per heavy atom. The van der Waals surface area contributed by atoms with Gasteiger partial charge >= 0.3 is 0 Å². The highest BCUT2D eigenvalue weighted by Crippen LogP contribution is 2.33. The van der Waals surface area contributed by atoms with Crippen LogP contribution in [0, 0.1) is 0 Å². The zero-order valence-corrected chi connectivity index (χ0v) is 13.6. The van der Waals surface area contributed by atoms with Crippen LogP contribution >= 0.6 is 15.9 Å². The van der Waals surface area contributed by atoms with E-state index in [9.17, 15) is 5.11 Å². The van der Waals surface area contributed by atoms with Crippen molar-refractivity contribution >= 4 is 21.6 Å². The Kier molecular flexibility index (Phi) is 5.47. The van der Waals surface area contributed by atoms with Crippen molar-refractivity contribution < 1.29 is 14.6 Å². The summed E-state index contributed by atoms with van der Waals surface area (Å²) in [6.45, 7) is -0.0516. The molecule has 2 aromatic carbocycles. The van der Waals surface area contributed by atoms with Gasteiger partial charge in [-0.25, -0.2) is 0 Å². The molecule has 4 nitrogen and oxygen atoms in total. The maximum Gasteiger partial charge on any atom is 0.127 e. The molecule has 0 heterocycles. The van der Waals surface area contributed by atoms with Crippen molar-refractivity contribution in [1.29, 1.82) is 0 Å². The molecular formula is C16H18BrNO3. The molecule has 0 aliphatic carbocycles. The van der Waals surface area contributed by atoms with Gasteiger partial charge in [0.05, 0.1) is 26.9 Å². The predicted octanol–water partition coefficient (Wildman–Crippen LogP) is 3.61. The fraction of sp³-hybridized carbons (Fsp3) is 0.250. The second kappa shape index (κ2) is 7.33. The smallest absolute Gasteiger partial charge is 0.127 e. The molecule has 0 amide bonds. The molecule has 2 N–H and O–H groups in total. The summed E-state index contributed by atoms with van der Waals surface area (Å²) >= 11 is 3.49. The molecule has 0 bridgehead atoms. The maximum absolute atomic E-state index is 9.71. The molecule has 0 aliphatic rings. The lowest BCUT2D eigenvalue weighted by atomic mass is 10.1. The zero-order valence-electron chi connectivity index (χ0n) is 12.0. The molecular weight excluding hydrogens is 334 g/mol. The first-order valence-corrected chi connectivity index (χ1v) is 7.32. The van der Waals surface area contributed by atoms with Crippen molar-refractivity contribution in [2.24, 2.45) is 0 Å². The van der Waals surface area contributed by atoms with Crippen LogP contribution in [0.4, 0.5) is 5.69 Å². The minimum absolute atomic E-state index is 0.0516. The number of nitrogens with one attached hydrogen (secondary N) is 1. The summed E-state index contributed by atoms with van der Waals surface area (Å²) in [6, 6.07) is 13.0. The molecule has 0 saturated heterocycles. The molecule has 0 aliphatic heterocycles. The molecule has 0 fully saturated rings. The predicted molar refractivity (Wildman–Crippen MR) is 87.1 cm³/mol. The molecule has 1 unspecified atom stereocenters. The van der Waals surface area contributed by atoms with Gasteiger partial charge in [0, 0.05) is 21.8 Å². The molecule has 1 atom stereocenters. The number of aliphatic hydroxyl groups excluding tert-OH is 1. The molecule has 21 heavy (non-hydrogen) atoms. The van der Waals surface area contributed by atoms with Gasteiger partial charge in [0.25, 0.3) is 0 Å². The summed E-state index contributed by atoms with van der Waals surface area (Å²) in [5, 5.41) is 13.0. The Morgan fingerprint density at radius 2 is 1.90 bits per heavy atom. The van der Waals surface area contributed by atoms with Crippen LogP contribution < -0.4 is 14.8 Å². The second-order valence-corrected chi connectivity index (χ2v) is 5.32. The molecule has 2 rings (SSSR count). The Hall–Kier alpha value is -1.72. The molecule has 0 radical (unpaired) electrons. The van der Waals surface area contributed by atoms with Gasteiger partial charge < -0.3 is 19.9 Å². The molecule has 0 saturated carbocycles. The molecule has 112 valence electrons. The van der Waals surface area contributed by atoms with Crippen LogP contribution in [-0.2, 0) is 0 Å². The van der Waals surface area contributed by atoms with Gasteiger partial charge in [-0.2, -0.15) is 0 Å². The topological polar surface area (TPSA) is 50.7 Å². The maximum atomic E-state index is 9.71. The first-order chi connectivity index (χ1) is 10.2. The minimum Gasteiger partial charge on any atom is -0.497 e. The van der Waals surface area contributed by atoms with Gasteiger partial charge in [0.2, 0.25) is 0 Å². The molecule has 2 aromatic rings. The van der Waals surface area contributed by atoms with Crippen LogP contribution in [0.1, 0.15) is 11.6 Å². The SMILES string of the molecule is COc1ccc(C(CO)Nc2ccccc2Br)c(OC)c1. The van der Waals surface area contributed by atoms with Crippen molar-refractivity contribution in [2.75, 3.05) is 26.1 Å². The van der Waals surface area contributed by atoms with Crippen LogP contribution in [-0.4, -0.2) is 25.9 Å². The number of hydrogen-bond acceptors (Lipinski definition) is 4. The summed E-state index contributed by atoms with van der Waals surface area (Å²) in [5.74, 6) is 1.39. The Morgan fingerprint density at radius 1 is 1.14 bits per heavy atom. The van der Waals surface area contributed by atoms with E-state index in [1.165, 1.54) is 0 Å². The molecule has 5 heteroatoms. The third kappa shape index (κ3) is 3.68. The van der Waals surface area contributed by atoms with Gasteiger partial charge in [-0.15, -0.1) is 0 Å². The second-order valence-electron chi connectivity index (χ2n) is 4.47. The van der Waals surface area contributed by atoms with E-state index in [-0.39, 0.29) is 12.6 Å². The summed E-state index contributed by atoms with van der Waals surface area (Å²) in [5.41, 5.74) is 1.78. The Bertz CT molecular complexity index is 604. The first-order valence-electron chi connectivity index (χ1n) is 6.53. The monoisotopic (exact) mass is 351 g/mol. The first kappa shape index (κ1) is 15.7. The number of para-hydroxylation sites is 1. The van der Waals surface area contributed by atoms with Gasteiger partial charge in [-0.1, -0.05) is 12.1 Å². The van der Waals surface area contributed by atoms with Gasteiger partial charge in [-0.3, -0.25) is 0 Å². The Balaban J connectivity index is 2.31. The van der Waals surface area contributed by atoms with Gasteiger partial charge in [0.15, 0.2) is 0 Å². The lowest BCUT2D eigenvalue weighted by Gasteiger charge is -2.21. The van der Waals surface area contributed by atoms with Crippen molar-refractivity contribution in [2.45, 2.75) is 6.04 Å². The van der Waals surface area contributed by atoms with Crippen molar-refractivity contribution in [1.82, 2.24) is 0 Å². The highest BCUT2D eigenvalue weighted by atomic mass is 79.9. The summed E-state index contributed by atoms with van der Waals surface area (Å²) in [6.07, 6.45) is 0. The van der Waals surface area contributed by atoms with E-state index in [0.29, 0.717) is 11.5 Å². The highest BCUT2D eigenvalue weighted by Gasteiger charge is 2.17. The fourth-order valence-corrected chi connectivity index (χ4v) is 2.49. The summed E-state index contributed by atoms with van der Waals surface area (Å²) < 4.78 is 11.5. The Labute approximate surface area is 132 Å². The van der Waals surface area contributed by atoms with Crippen molar-refractivity contribution in [3.8, 4) is 11.5 Å². The van der Waals surface area contributed by atoms with Gasteiger partial charge in [-0.05, 0) is 40.2 Å². The van der Waals surface area contributed by atoms with Crippen LogP contribution in [0.15, 0.2) is 46.9 Å². The zero-order chi connectivity index (χ0) is 15.2. The normalized spacial score (nSPS) is 11.8. The van der Waals surface area contributed by atoms with Crippen LogP contribution in [0.5, 0.6) is 11.5 Å². The van der Waals surface area contributed by atoms with E-state index in [0.717, 1.165) is 15.7 Å². The van der Waals surface area contributed by atoms with E-state index in [1.807, 2.05) is 36.4 Å². The number of hydrogen-bond donors (Lipinski definition) is 2. The quantitative estimate of drug-likeness (QED) is 0.834. The highest BCUT2D eigenvalue weighted by molar-refractivity contribution is 9.10. The number of benzene rings is 2. The number of aliphatic hydroxyl groups is 1. The van der Waals surface area contributed by atoms with Crippen molar-refractivity contribution in [3.05, 3.63) is 52.5 Å². The lowest BCUT2D eigenvalue weighted by molar-refractivity contribution is 0.272. The van der Waals surface area contributed by atoms with E-state index in [4.69, 9.17) is 9.47 Å². The molecule has 0 spiro atoms. The number of ether oxygens (including phenoxy) is 2. The average Bonchev–Trinajstić information content (AvgIpc) is 2.53. The summed E-state index contributed by atoms with van der Waals surface area (Å²) in [4.78, 5) is 0. The summed E-state index contributed by atoms with van der Waals surface area (Å²) in [7, 11) is 3.21. The minimum atomic E-state index is -0.274. The lowest BCUT2D eigenvalue weighted by Crippen LogP contribution is -2.16. The largest absolute Gasteiger partial charge is 0.497 e. The van der Waals surface area contributed by atoms with Gasteiger partial charge in [0.1, 0.15) is 11.5 Å². The third-order valence-electron chi connectivity index (χ3n) is 3.20. The van der Waals surface area contributed by atoms with Crippen LogP contribution in [0.25, 0.3) is 0 Å². The van der Waals surface area contributed by atoms with E-state index in [1.54, 1.807) is 20.3 Å².